The van der Waals surface area contributed by atoms with Gasteiger partial charge in [0.05, 0.1) is 18.1 Å². The maximum atomic E-state index is 12.3. The standard InChI is InChI=1S/C15H22N2O4S/c1-22(19,20)17-7-3-12(4-8-17)13-2-6-16(10-13)15(18)14-5-9-21-11-14/h5,9,11-13H,2-4,6-8,10H2,1H3. The van der Waals surface area contributed by atoms with Gasteiger partial charge in [-0.15, -0.1) is 0 Å². The Labute approximate surface area is 131 Å². The summed E-state index contributed by atoms with van der Waals surface area (Å²) in [6, 6.07) is 1.69. The van der Waals surface area contributed by atoms with E-state index in [2.05, 4.69) is 0 Å². The zero-order chi connectivity index (χ0) is 15.7. The van der Waals surface area contributed by atoms with Crippen LogP contribution >= 0.6 is 0 Å². The maximum Gasteiger partial charge on any atom is 0.257 e. The smallest absolute Gasteiger partial charge is 0.257 e. The number of piperidine rings is 1. The number of sulfonamides is 1. The topological polar surface area (TPSA) is 70.8 Å². The van der Waals surface area contributed by atoms with Crippen molar-refractivity contribution in [2.45, 2.75) is 19.3 Å². The molecule has 1 unspecified atom stereocenters. The average molecular weight is 326 g/mol. The van der Waals surface area contributed by atoms with Gasteiger partial charge in [0, 0.05) is 26.2 Å². The fourth-order valence-corrected chi connectivity index (χ4v) is 4.48. The summed E-state index contributed by atoms with van der Waals surface area (Å²) in [7, 11) is -3.07. The first-order chi connectivity index (χ1) is 10.4. The molecule has 2 aliphatic heterocycles. The Balaban J connectivity index is 1.55. The molecule has 1 aromatic rings. The normalized spacial score (nSPS) is 24.8. The molecule has 0 radical (unpaired) electrons. The van der Waals surface area contributed by atoms with E-state index in [1.54, 1.807) is 10.4 Å². The second-order valence-corrected chi connectivity index (χ2v) is 8.29. The SMILES string of the molecule is CS(=O)(=O)N1CCC(C2CCN(C(=O)c3ccoc3)C2)CC1. The molecule has 0 aliphatic carbocycles. The van der Waals surface area contributed by atoms with Crippen LogP contribution < -0.4 is 0 Å². The van der Waals surface area contributed by atoms with E-state index in [9.17, 15) is 13.2 Å². The molecule has 3 heterocycles. The summed E-state index contributed by atoms with van der Waals surface area (Å²) in [5, 5.41) is 0. The van der Waals surface area contributed by atoms with Crippen molar-refractivity contribution in [2.75, 3.05) is 32.4 Å². The Bertz CT molecular complexity index is 618. The fraction of sp³-hybridized carbons (Fsp3) is 0.667. The van der Waals surface area contributed by atoms with Crippen molar-refractivity contribution in [1.29, 1.82) is 0 Å². The van der Waals surface area contributed by atoms with Crippen LogP contribution in [0.4, 0.5) is 0 Å². The molecule has 22 heavy (non-hydrogen) atoms. The van der Waals surface area contributed by atoms with E-state index in [1.165, 1.54) is 18.8 Å². The number of hydrogen-bond donors (Lipinski definition) is 0. The van der Waals surface area contributed by atoms with Crippen LogP contribution in [0.1, 0.15) is 29.6 Å². The lowest BCUT2D eigenvalue weighted by Gasteiger charge is -2.33. The molecule has 122 valence electrons. The molecule has 0 spiro atoms. The number of likely N-dealkylation sites (tertiary alicyclic amines) is 1. The highest BCUT2D eigenvalue weighted by Crippen LogP contribution is 2.33. The molecular weight excluding hydrogens is 304 g/mol. The maximum absolute atomic E-state index is 12.3. The van der Waals surface area contributed by atoms with Gasteiger partial charge in [-0.05, 0) is 37.2 Å². The van der Waals surface area contributed by atoms with E-state index < -0.39 is 10.0 Å². The van der Waals surface area contributed by atoms with Crippen molar-refractivity contribution in [2.24, 2.45) is 11.8 Å². The van der Waals surface area contributed by atoms with Crippen molar-refractivity contribution < 1.29 is 17.6 Å². The first-order valence-corrected chi connectivity index (χ1v) is 9.56. The van der Waals surface area contributed by atoms with Crippen molar-refractivity contribution in [3.63, 3.8) is 0 Å². The van der Waals surface area contributed by atoms with Crippen molar-refractivity contribution in [3.8, 4) is 0 Å². The molecule has 0 aromatic carbocycles. The first kappa shape index (κ1) is 15.6. The van der Waals surface area contributed by atoms with Crippen molar-refractivity contribution >= 4 is 15.9 Å². The summed E-state index contributed by atoms with van der Waals surface area (Å²) in [6.07, 6.45) is 7.07. The van der Waals surface area contributed by atoms with Gasteiger partial charge in [-0.25, -0.2) is 12.7 Å². The summed E-state index contributed by atoms with van der Waals surface area (Å²) in [6.45, 7) is 2.76. The summed E-state index contributed by atoms with van der Waals surface area (Å²) in [5.74, 6) is 1.03. The van der Waals surface area contributed by atoms with Crippen LogP contribution in [0.2, 0.25) is 0 Å². The molecular formula is C15H22N2O4S. The van der Waals surface area contributed by atoms with Crippen LogP contribution in [0.5, 0.6) is 0 Å². The van der Waals surface area contributed by atoms with Gasteiger partial charge in [0.2, 0.25) is 10.0 Å². The minimum atomic E-state index is -3.07. The Kier molecular flexibility index (Phi) is 4.27. The highest BCUT2D eigenvalue weighted by Gasteiger charge is 2.35. The molecule has 3 rings (SSSR count). The van der Waals surface area contributed by atoms with Gasteiger partial charge in [-0.2, -0.15) is 0 Å². The Morgan fingerprint density at radius 1 is 1.18 bits per heavy atom. The summed E-state index contributed by atoms with van der Waals surface area (Å²) < 4.78 is 29.6. The molecule has 1 amide bonds. The highest BCUT2D eigenvalue weighted by molar-refractivity contribution is 7.88. The lowest BCUT2D eigenvalue weighted by Crippen LogP contribution is -2.40. The zero-order valence-electron chi connectivity index (χ0n) is 12.8. The molecule has 0 saturated carbocycles. The van der Waals surface area contributed by atoms with E-state index in [4.69, 9.17) is 4.42 Å². The number of hydrogen-bond acceptors (Lipinski definition) is 4. The van der Waals surface area contributed by atoms with E-state index >= 15 is 0 Å². The minimum Gasteiger partial charge on any atom is -0.472 e. The molecule has 2 fully saturated rings. The van der Waals surface area contributed by atoms with Crippen LogP contribution in [0.25, 0.3) is 0 Å². The molecule has 0 bridgehead atoms. The van der Waals surface area contributed by atoms with Gasteiger partial charge < -0.3 is 9.32 Å². The minimum absolute atomic E-state index is 0.0322. The van der Waals surface area contributed by atoms with E-state index in [0.717, 1.165) is 32.4 Å². The summed E-state index contributed by atoms with van der Waals surface area (Å²) >= 11 is 0. The predicted octanol–water partition coefficient (Wildman–Crippen LogP) is 1.41. The number of furan rings is 1. The molecule has 0 N–H and O–H groups in total. The zero-order valence-corrected chi connectivity index (χ0v) is 13.6. The molecule has 1 aromatic heterocycles. The van der Waals surface area contributed by atoms with Crippen LogP contribution in [0.15, 0.2) is 23.0 Å². The molecule has 6 nitrogen and oxygen atoms in total. The van der Waals surface area contributed by atoms with Gasteiger partial charge >= 0.3 is 0 Å². The second kappa shape index (κ2) is 6.04. The highest BCUT2D eigenvalue weighted by atomic mass is 32.2. The van der Waals surface area contributed by atoms with Gasteiger partial charge in [0.15, 0.2) is 0 Å². The third-order valence-electron chi connectivity index (χ3n) is 4.91. The van der Waals surface area contributed by atoms with Crippen molar-refractivity contribution in [3.05, 3.63) is 24.2 Å². The second-order valence-electron chi connectivity index (χ2n) is 6.31. The largest absolute Gasteiger partial charge is 0.472 e. The van der Waals surface area contributed by atoms with E-state index in [-0.39, 0.29) is 5.91 Å². The predicted molar refractivity (Wildman–Crippen MR) is 81.9 cm³/mol. The van der Waals surface area contributed by atoms with Gasteiger partial charge in [-0.3, -0.25) is 4.79 Å². The Morgan fingerprint density at radius 3 is 2.45 bits per heavy atom. The van der Waals surface area contributed by atoms with Crippen LogP contribution in [0.3, 0.4) is 0 Å². The van der Waals surface area contributed by atoms with Gasteiger partial charge in [0.1, 0.15) is 6.26 Å². The van der Waals surface area contributed by atoms with Crippen LogP contribution in [0, 0.1) is 11.8 Å². The van der Waals surface area contributed by atoms with Gasteiger partial charge in [0.25, 0.3) is 5.91 Å². The van der Waals surface area contributed by atoms with Crippen LogP contribution in [-0.4, -0.2) is 56.0 Å². The molecule has 1 atom stereocenters. The molecule has 7 heteroatoms. The lowest BCUT2D eigenvalue weighted by atomic mass is 9.84. The molecule has 2 aliphatic rings. The quantitative estimate of drug-likeness (QED) is 0.842. The lowest BCUT2D eigenvalue weighted by molar-refractivity contribution is 0.0778. The number of carbonyl (C=O) groups is 1. The number of carbonyl (C=O) groups excluding carboxylic acids is 1. The van der Waals surface area contributed by atoms with Gasteiger partial charge in [-0.1, -0.05) is 0 Å². The number of amides is 1. The first-order valence-electron chi connectivity index (χ1n) is 7.72. The number of nitrogens with zero attached hydrogens (tertiary/aromatic N) is 2. The summed E-state index contributed by atoms with van der Waals surface area (Å²) in [5.41, 5.74) is 0.604. The fourth-order valence-electron chi connectivity index (χ4n) is 3.60. The third kappa shape index (κ3) is 3.20. The Hall–Kier alpha value is -1.34. The Morgan fingerprint density at radius 2 is 1.86 bits per heavy atom. The van der Waals surface area contributed by atoms with E-state index in [1.807, 2.05) is 4.90 Å². The number of rotatable bonds is 3. The summed E-state index contributed by atoms with van der Waals surface area (Å²) in [4.78, 5) is 14.2. The van der Waals surface area contributed by atoms with Crippen molar-refractivity contribution in [1.82, 2.24) is 9.21 Å². The third-order valence-corrected chi connectivity index (χ3v) is 6.22. The monoisotopic (exact) mass is 326 g/mol. The molecule has 2 saturated heterocycles. The average Bonchev–Trinajstić information content (AvgIpc) is 3.17. The van der Waals surface area contributed by atoms with Crippen LogP contribution in [-0.2, 0) is 10.0 Å². The van der Waals surface area contributed by atoms with E-state index in [0.29, 0.717) is 30.5 Å².